The molecule has 0 unspecified atom stereocenters. The quantitative estimate of drug-likeness (QED) is 0.855. The van der Waals surface area contributed by atoms with Crippen molar-refractivity contribution in [2.75, 3.05) is 19.7 Å². The number of nitrogens with zero attached hydrogens (tertiary/aromatic N) is 3. The lowest BCUT2D eigenvalue weighted by atomic mass is 10.1. The van der Waals surface area contributed by atoms with Crippen LogP contribution in [0.5, 0.6) is 5.75 Å². The van der Waals surface area contributed by atoms with Crippen LogP contribution in [-0.2, 0) is 20.0 Å². The Morgan fingerprint density at radius 3 is 3.00 bits per heavy atom. The minimum absolute atomic E-state index is 0.0943. The highest BCUT2D eigenvalue weighted by Crippen LogP contribution is 2.17. The lowest BCUT2D eigenvalue weighted by molar-refractivity contribution is 0.190. The molecule has 0 spiro atoms. The van der Waals surface area contributed by atoms with Crippen molar-refractivity contribution >= 4 is 0 Å². The number of aromatic nitrogens is 2. The Kier molecular flexibility index (Phi) is 4.20. The molecule has 2 heterocycles. The third-order valence-corrected chi connectivity index (χ3v) is 3.82. The van der Waals surface area contributed by atoms with Crippen LogP contribution in [0.4, 0.5) is 4.39 Å². The predicted molar refractivity (Wildman–Crippen MR) is 80.4 cm³/mol. The zero-order valence-corrected chi connectivity index (χ0v) is 12.5. The minimum Gasteiger partial charge on any atom is -0.489 e. The second-order valence-electron chi connectivity index (χ2n) is 5.38. The van der Waals surface area contributed by atoms with Crippen LogP contribution in [0.15, 0.2) is 35.1 Å². The summed E-state index contributed by atoms with van der Waals surface area (Å²) >= 11 is 0. The molecule has 2 aromatic rings. The number of fused-ring (bicyclic) bond motifs is 1. The molecule has 0 saturated heterocycles. The van der Waals surface area contributed by atoms with Crippen LogP contribution >= 0.6 is 0 Å². The van der Waals surface area contributed by atoms with E-state index in [4.69, 9.17) is 4.74 Å². The summed E-state index contributed by atoms with van der Waals surface area (Å²) in [5.41, 5.74) is 1.86. The zero-order chi connectivity index (χ0) is 15.5. The lowest BCUT2D eigenvalue weighted by Crippen LogP contribution is -2.36. The van der Waals surface area contributed by atoms with Crippen LogP contribution in [0.1, 0.15) is 11.3 Å². The summed E-state index contributed by atoms with van der Waals surface area (Å²) in [6.45, 7) is 2.63. The molecule has 0 saturated carbocycles. The van der Waals surface area contributed by atoms with Crippen molar-refractivity contribution in [2.24, 2.45) is 7.05 Å². The molecule has 0 amide bonds. The van der Waals surface area contributed by atoms with Crippen molar-refractivity contribution < 1.29 is 9.13 Å². The Morgan fingerprint density at radius 2 is 2.18 bits per heavy atom. The fourth-order valence-corrected chi connectivity index (χ4v) is 2.59. The van der Waals surface area contributed by atoms with Gasteiger partial charge in [-0.3, -0.25) is 9.69 Å². The van der Waals surface area contributed by atoms with Gasteiger partial charge in [0.15, 0.2) is 11.6 Å². The van der Waals surface area contributed by atoms with Gasteiger partial charge >= 0.3 is 0 Å². The van der Waals surface area contributed by atoms with E-state index < -0.39 is 0 Å². The molecule has 116 valence electrons. The van der Waals surface area contributed by atoms with Gasteiger partial charge in [0, 0.05) is 39.2 Å². The molecule has 3 rings (SSSR count). The summed E-state index contributed by atoms with van der Waals surface area (Å²) in [6.07, 6.45) is 0.809. The summed E-state index contributed by atoms with van der Waals surface area (Å²) in [5, 5.41) is 4.28. The smallest absolute Gasteiger partial charge is 0.266 e. The average Bonchev–Trinajstić information content (AvgIpc) is 2.50. The monoisotopic (exact) mass is 303 g/mol. The predicted octanol–water partition coefficient (Wildman–Crippen LogP) is 1.36. The van der Waals surface area contributed by atoms with Crippen molar-refractivity contribution in [1.82, 2.24) is 14.7 Å². The molecule has 5 nitrogen and oxygen atoms in total. The van der Waals surface area contributed by atoms with E-state index in [9.17, 15) is 9.18 Å². The summed E-state index contributed by atoms with van der Waals surface area (Å²) < 4.78 is 20.3. The maximum absolute atomic E-state index is 13.5. The van der Waals surface area contributed by atoms with Crippen molar-refractivity contribution in [3.63, 3.8) is 0 Å². The maximum atomic E-state index is 13.5. The maximum Gasteiger partial charge on any atom is 0.266 e. The van der Waals surface area contributed by atoms with E-state index in [-0.39, 0.29) is 17.1 Å². The van der Waals surface area contributed by atoms with Gasteiger partial charge in [0.05, 0.1) is 5.69 Å². The molecule has 0 aliphatic carbocycles. The first-order valence-corrected chi connectivity index (χ1v) is 7.29. The van der Waals surface area contributed by atoms with E-state index in [1.54, 1.807) is 31.3 Å². The van der Waals surface area contributed by atoms with Gasteiger partial charge in [-0.25, -0.2) is 9.07 Å². The SMILES string of the molecule is Cn1nc2c(cc1=O)CN(CCOc1ccccc1F)CC2. The normalized spacial score (nSPS) is 14.6. The highest BCUT2D eigenvalue weighted by atomic mass is 19.1. The topological polar surface area (TPSA) is 47.4 Å². The first kappa shape index (κ1) is 14.7. The van der Waals surface area contributed by atoms with Gasteiger partial charge in [0.1, 0.15) is 6.61 Å². The van der Waals surface area contributed by atoms with Crippen LogP contribution < -0.4 is 10.3 Å². The van der Waals surface area contributed by atoms with Gasteiger partial charge in [0.2, 0.25) is 0 Å². The second-order valence-corrected chi connectivity index (χ2v) is 5.38. The van der Waals surface area contributed by atoms with Crippen LogP contribution in [0, 0.1) is 5.82 Å². The largest absolute Gasteiger partial charge is 0.489 e. The van der Waals surface area contributed by atoms with Crippen LogP contribution in [0.2, 0.25) is 0 Å². The van der Waals surface area contributed by atoms with Crippen LogP contribution in [-0.4, -0.2) is 34.4 Å². The first-order chi connectivity index (χ1) is 10.6. The molecule has 1 aliphatic rings. The molecule has 0 N–H and O–H groups in total. The number of aryl methyl sites for hydroxylation is 1. The van der Waals surface area contributed by atoms with Gasteiger partial charge in [-0.15, -0.1) is 0 Å². The van der Waals surface area contributed by atoms with E-state index in [1.807, 2.05) is 0 Å². The summed E-state index contributed by atoms with van der Waals surface area (Å²) in [4.78, 5) is 13.8. The molecule has 1 aromatic carbocycles. The van der Waals surface area contributed by atoms with E-state index in [2.05, 4.69) is 10.00 Å². The number of benzene rings is 1. The van der Waals surface area contributed by atoms with E-state index in [0.717, 1.165) is 24.2 Å². The van der Waals surface area contributed by atoms with Gasteiger partial charge < -0.3 is 4.74 Å². The van der Waals surface area contributed by atoms with Crippen LogP contribution in [0.25, 0.3) is 0 Å². The van der Waals surface area contributed by atoms with E-state index >= 15 is 0 Å². The number of hydrogen-bond donors (Lipinski definition) is 0. The molecular weight excluding hydrogens is 285 g/mol. The van der Waals surface area contributed by atoms with Gasteiger partial charge in [-0.05, 0) is 17.7 Å². The number of halogens is 1. The summed E-state index contributed by atoms with van der Waals surface area (Å²) in [5.74, 6) is -0.0744. The van der Waals surface area contributed by atoms with E-state index in [1.165, 1.54) is 10.7 Å². The molecule has 1 aliphatic heterocycles. The Balaban J connectivity index is 1.58. The zero-order valence-electron chi connectivity index (χ0n) is 12.5. The van der Waals surface area contributed by atoms with Gasteiger partial charge in [-0.2, -0.15) is 5.10 Å². The summed E-state index contributed by atoms with van der Waals surface area (Å²) in [7, 11) is 1.66. The van der Waals surface area contributed by atoms with Crippen molar-refractivity contribution in [3.05, 3.63) is 57.8 Å². The van der Waals surface area contributed by atoms with Gasteiger partial charge in [-0.1, -0.05) is 12.1 Å². The molecule has 0 atom stereocenters. The van der Waals surface area contributed by atoms with Crippen LogP contribution in [0.3, 0.4) is 0 Å². The Morgan fingerprint density at radius 1 is 1.36 bits per heavy atom. The molecule has 6 heteroatoms. The standard InChI is InChI=1S/C16H18FN3O2/c1-19-16(21)10-12-11-20(7-6-14(12)18-19)8-9-22-15-5-3-2-4-13(15)17/h2-5,10H,6-9,11H2,1H3. The molecule has 1 aromatic heterocycles. The molecule has 0 radical (unpaired) electrons. The minimum atomic E-state index is -0.348. The number of rotatable bonds is 4. The molecule has 22 heavy (non-hydrogen) atoms. The van der Waals surface area contributed by atoms with E-state index in [0.29, 0.717) is 19.7 Å². The fraction of sp³-hybridized carbons (Fsp3) is 0.375. The molecular formula is C16H18FN3O2. The Hall–Kier alpha value is -2.21. The van der Waals surface area contributed by atoms with Crippen molar-refractivity contribution in [1.29, 1.82) is 0 Å². The average molecular weight is 303 g/mol. The Bertz CT molecular complexity index is 730. The number of ether oxygens (including phenoxy) is 1. The summed E-state index contributed by atoms with van der Waals surface area (Å²) in [6, 6.07) is 8.03. The highest BCUT2D eigenvalue weighted by Gasteiger charge is 2.18. The number of hydrogen-bond acceptors (Lipinski definition) is 4. The Labute approximate surface area is 127 Å². The highest BCUT2D eigenvalue weighted by molar-refractivity contribution is 5.23. The third-order valence-electron chi connectivity index (χ3n) is 3.82. The fourth-order valence-electron chi connectivity index (χ4n) is 2.59. The number of para-hydroxylation sites is 1. The third kappa shape index (κ3) is 3.17. The van der Waals surface area contributed by atoms with Gasteiger partial charge in [0.25, 0.3) is 5.56 Å². The second kappa shape index (κ2) is 6.27. The molecule has 0 fully saturated rings. The molecule has 0 bridgehead atoms. The first-order valence-electron chi connectivity index (χ1n) is 7.29. The lowest BCUT2D eigenvalue weighted by Gasteiger charge is -2.27. The van der Waals surface area contributed by atoms with Crippen molar-refractivity contribution in [3.8, 4) is 5.75 Å². The van der Waals surface area contributed by atoms with Crippen molar-refractivity contribution in [2.45, 2.75) is 13.0 Å².